The third-order valence-electron chi connectivity index (χ3n) is 4.09. The molecule has 0 radical (unpaired) electrons. The topological polar surface area (TPSA) is 43.8 Å². The number of hydrogen-bond acceptors (Lipinski definition) is 2. The van der Waals surface area contributed by atoms with E-state index in [2.05, 4.69) is 32.3 Å². The number of aromatic nitrogens is 2. The Morgan fingerprint density at radius 3 is 2.14 bits per heavy atom. The molecule has 0 bridgehead atoms. The fourth-order valence-electron chi connectivity index (χ4n) is 2.87. The van der Waals surface area contributed by atoms with E-state index in [1.807, 2.05) is 0 Å². The van der Waals surface area contributed by atoms with Gasteiger partial charge >= 0.3 is 0 Å². The molecule has 0 aliphatic heterocycles. The number of anilines is 1. The minimum Gasteiger partial charge on any atom is -0.384 e. The van der Waals surface area contributed by atoms with Gasteiger partial charge in [-0.05, 0) is 19.3 Å². The first kappa shape index (κ1) is 18.1. The van der Waals surface area contributed by atoms with Gasteiger partial charge in [-0.15, -0.1) is 0 Å². The Kier molecular flexibility index (Phi) is 8.48. The molecule has 0 unspecified atom stereocenters. The van der Waals surface area contributed by atoms with Crippen LogP contribution >= 0.6 is 0 Å². The van der Waals surface area contributed by atoms with Crippen LogP contribution in [0, 0.1) is 0 Å². The van der Waals surface area contributed by atoms with Crippen LogP contribution in [0.25, 0.3) is 0 Å². The van der Waals surface area contributed by atoms with Gasteiger partial charge in [0.2, 0.25) is 0 Å². The van der Waals surface area contributed by atoms with Gasteiger partial charge in [-0.1, -0.05) is 66.2 Å². The van der Waals surface area contributed by atoms with Crippen molar-refractivity contribution < 1.29 is 0 Å². The van der Waals surface area contributed by atoms with Crippen molar-refractivity contribution in [2.24, 2.45) is 0 Å². The summed E-state index contributed by atoms with van der Waals surface area (Å²) in [5.74, 6) is 2.51. The number of unbranched alkanes of at least 4 members (excludes halogenated alkanes) is 6. The van der Waals surface area contributed by atoms with Gasteiger partial charge < -0.3 is 10.3 Å². The predicted molar refractivity (Wildman–Crippen MR) is 92.7 cm³/mol. The molecule has 0 amide bonds. The van der Waals surface area contributed by atoms with Crippen LogP contribution < -0.4 is 5.73 Å². The molecule has 1 aromatic heterocycles. The minimum absolute atomic E-state index is 0.446. The summed E-state index contributed by atoms with van der Waals surface area (Å²) in [6.45, 7) is 9.85. The second kappa shape index (κ2) is 9.86. The van der Waals surface area contributed by atoms with Crippen LogP contribution in [-0.2, 0) is 13.0 Å². The summed E-state index contributed by atoms with van der Waals surface area (Å²) in [6, 6.07) is 0. The fraction of sp³-hybridized carbons (Fsp3) is 0.833. The Balaban J connectivity index is 2.46. The van der Waals surface area contributed by atoms with E-state index in [1.165, 1.54) is 44.9 Å². The average Bonchev–Trinajstić information content (AvgIpc) is 2.76. The summed E-state index contributed by atoms with van der Waals surface area (Å²) in [6.07, 6.45) is 11.5. The van der Waals surface area contributed by atoms with Crippen LogP contribution in [0.1, 0.15) is 96.5 Å². The van der Waals surface area contributed by atoms with Gasteiger partial charge in [-0.3, -0.25) is 0 Å². The Bertz CT molecular complexity index is 393. The van der Waals surface area contributed by atoms with Crippen LogP contribution in [0.3, 0.4) is 0 Å². The van der Waals surface area contributed by atoms with Gasteiger partial charge in [0.05, 0.1) is 5.69 Å². The molecule has 0 saturated carbocycles. The highest BCUT2D eigenvalue weighted by molar-refractivity contribution is 5.39. The smallest absolute Gasteiger partial charge is 0.126 e. The van der Waals surface area contributed by atoms with Gasteiger partial charge in [0.15, 0.2) is 0 Å². The summed E-state index contributed by atoms with van der Waals surface area (Å²) in [7, 11) is 0. The van der Waals surface area contributed by atoms with Crippen LogP contribution in [0.2, 0.25) is 0 Å². The highest BCUT2D eigenvalue weighted by Gasteiger charge is 2.16. The molecule has 0 fully saturated rings. The van der Waals surface area contributed by atoms with Gasteiger partial charge in [-0.25, -0.2) is 4.98 Å². The molecular formula is C18H35N3. The average molecular weight is 293 g/mol. The number of hydrogen-bond donors (Lipinski definition) is 1. The largest absolute Gasteiger partial charge is 0.384 e. The molecule has 2 N–H and O–H groups in total. The third-order valence-corrected chi connectivity index (χ3v) is 4.09. The van der Waals surface area contributed by atoms with Crippen LogP contribution in [0.4, 0.5) is 5.82 Å². The molecule has 0 saturated heterocycles. The van der Waals surface area contributed by atoms with Crippen molar-refractivity contribution in [3.63, 3.8) is 0 Å². The highest BCUT2D eigenvalue weighted by Crippen LogP contribution is 2.23. The molecule has 1 aromatic rings. The molecule has 1 rings (SSSR count). The Morgan fingerprint density at radius 2 is 1.57 bits per heavy atom. The van der Waals surface area contributed by atoms with Crippen molar-refractivity contribution in [1.82, 2.24) is 9.55 Å². The first-order chi connectivity index (χ1) is 10.1. The van der Waals surface area contributed by atoms with Crippen LogP contribution in [0.5, 0.6) is 0 Å². The van der Waals surface area contributed by atoms with E-state index in [-0.39, 0.29) is 0 Å². The van der Waals surface area contributed by atoms with E-state index in [4.69, 9.17) is 10.7 Å². The predicted octanol–water partition coefficient (Wildman–Crippen LogP) is 5.29. The lowest BCUT2D eigenvalue weighted by Gasteiger charge is -2.10. The maximum Gasteiger partial charge on any atom is 0.126 e. The van der Waals surface area contributed by atoms with Crippen molar-refractivity contribution in [1.29, 1.82) is 0 Å². The highest BCUT2D eigenvalue weighted by atomic mass is 15.1. The van der Waals surface area contributed by atoms with Gasteiger partial charge in [0.25, 0.3) is 0 Å². The number of rotatable bonds is 11. The van der Waals surface area contributed by atoms with Crippen molar-refractivity contribution in [2.45, 2.75) is 97.9 Å². The van der Waals surface area contributed by atoms with E-state index in [0.29, 0.717) is 5.92 Å². The minimum atomic E-state index is 0.446. The second-order valence-electron chi connectivity index (χ2n) is 6.48. The zero-order valence-electron chi connectivity index (χ0n) is 14.6. The van der Waals surface area contributed by atoms with E-state index in [0.717, 1.165) is 36.7 Å². The summed E-state index contributed by atoms with van der Waals surface area (Å²) in [5, 5.41) is 0. The van der Waals surface area contributed by atoms with E-state index >= 15 is 0 Å². The lowest BCUT2D eigenvalue weighted by atomic mass is 10.1. The Labute approximate surface area is 131 Å². The van der Waals surface area contributed by atoms with E-state index < -0.39 is 0 Å². The quantitative estimate of drug-likeness (QED) is 0.563. The number of nitrogens with two attached hydrogens (primary N) is 1. The second-order valence-corrected chi connectivity index (χ2v) is 6.48. The van der Waals surface area contributed by atoms with Crippen molar-refractivity contribution in [3.8, 4) is 0 Å². The number of nitrogens with zero attached hydrogens (tertiary/aromatic N) is 2. The molecule has 0 atom stereocenters. The van der Waals surface area contributed by atoms with Gasteiger partial charge in [0.1, 0.15) is 11.6 Å². The maximum atomic E-state index is 6.31. The van der Waals surface area contributed by atoms with E-state index in [1.54, 1.807) is 0 Å². The van der Waals surface area contributed by atoms with Crippen molar-refractivity contribution in [2.75, 3.05) is 5.73 Å². The standard InChI is InChI=1S/C18H35N3/c1-5-7-8-9-10-11-12-13-16-17(19)21(14-6-2)18(20-16)15(3)4/h15H,5-14,19H2,1-4H3. The normalized spacial score (nSPS) is 11.5. The zero-order chi connectivity index (χ0) is 15.7. The van der Waals surface area contributed by atoms with Gasteiger partial charge in [0, 0.05) is 12.5 Å². The van der Waals surface area contributed by atoms with Crippen LogP contribution in [0.15, 0.2) is 0 Å². The fourth-order valence-corrected chi connectivity index (χ4v) is 2.87. The molecule has 3 heteroatoms. The molecule has 1 heterocycles. The van der Waals surface area contributed by atoms with Crippen LogP contribution in [-0.4, -0.2) is 9.55 Å². The van der Waals surface area contributed by atoms with E-state index in [9.17, 15) is 0 Å². The monoisotopic (exact) mass is 293 g/mol. The molecule has 3 nitrogen and oxygen atoms in total. The molecule has 0 spiro atoms. The lowest BCUT2D eigenvalue weighted by Crippen LogP contribution is -2.08. The van der Waals surface area contributed by atoms with Crippen molar-refractivity contribution in [3.05, 3.63) is 11.5 Å². The molecule has 0 aliphatic carbocycles. The summed E-state index contributed by atoms with van der Waals surface area (Å²) in [5.41, 5.74) is 7.43. The maximum absolute atomic E-state index is 6.31. The summed E-state index contributed by atoms with van der Waals surface area (Å²) < 4.78 is 2.22. The number of imidazole rings is 1. The lowest BCUT2D eigenvalue weighted by molar-refractivity contribution is 0.587. The molecule has 122 valence electrons. The first-order valence-electron chi connectivity index (χ1n) is 8.96. The first-order valence-corrected chi connectivity index (χ1v) is 8.96. The Hall–Kier alpha value is -0.990. The third kappa shape index (κ3) is 5.72. The molecule has 0 aliphatic rings. The molecular weight excluding hydrogens is 258 g/mol. The molecule has 21 heavy (non-hydrogen) atoms. The molecule has 0 aromatic carbocycles. The SMILES string of the molecule is CCCCCCCCCc1nc(C(C)C)n(CCC)c1N. The summed E-state index contributed by atoms with van der Waals surface area (Å²) >= 11 is 0. The zero-order valence-corrected chi connectivity index (χ0v) is 14.6. The van der Waals surface area contributed by atoms with Gasteiger partial charge in [-0.2, -0.15) is 0 Å². The summed E-state index contributed by atoms with van der Waals surface area (Å²) in [4.78, 5) is 4.81. The van der Waals surface area contributed by atoms with Crippen molar-refractivity contribution >= 4 is 5.82 Å². The number of aryl methyl sites for hydroxylation is 1. The Morgan fingerprint density at radius 1 is 0.952 bits per heavy atom. The number of nitrogen functional groups attached to an aromatic ring is 1.